The van der Waals surface area contributed by atoms with E-state index in [1.54, 1.807) is 6.33 Å². The molecule has 0 bridgehead atoms. The van der Waals surface area contributed by atoms with E-state index in [-0.39, 0.29) is 5.91 Å². The van der Waals surface area contributed by atoms with Crippen LogP contribution in [0, 0.1) is 0 Å². The van der Waals surface area contributed by atoms with Gasteiger partial charge in [-0.05, 0) is 37.5 Å². The first kappa shape index (κ1) is 10.3. The number of carbonyl (C=O) groups excluding carboxylic acids is 1. The smallest absolute Gasteiger partial charge is 0.253 e. The predicted octanol–water partition coefficient (Wildman–Crippen LogP) is 2.19. The molecule has 1 aliphatic carbocycles. The first-order chi connectivity index (χ1) is 8.25. The minimum absolute atomic E-state index is 0.103. The van der Waals surface area contributed by atoms with Crippen molar-refractivity contribution in [2.24, 2.45) is 0 Å². The Balaban J connectivity index is 1.88. The number of amides is 1. The van der Waals surface area contributed by atoms with Gasteiger partial charge >= 0.3 is 0 Å². The van der Waals surface area contributed by atoms with Gasteiger partial charge in [-0.2, -0.15) is 0 Å². The van der Waals surface area contributed by atoms with Gasteiger partial charge in [0, 0.05) is 18.7 Å². The Kier molecular flexibility index (Phi) is 2.35. The maximum absolute atomic E-state index is 12.2. The number of aromatic amines is 1. The standard InChI is InChI=1S/C13H15N3O/c1-16(10-3-2-4-10)13(17)9-5-6-11-12(7-9)15-8-14-11/h5-8,10H,2-4H2,1H3,(H,14,15). The summed E-state index contributed by atoms with van der Waals surface area (Å²) in [5, 5.41) is 0. The van der Waals surface area contributed by atoms with E-state index >= 15 is 0 Å². The average Bonchev–Trinajstić information content (AvgIpc) is 2.72. The van der Waals surface area contributed by atoms with Crippen LogP contribution in [0.1, 0.15) is 29.6 Å². The van der Waals surface area contributed by atoms with E-state index in [0.717, 1.165) is 29.4 Å². The summed E-state index contributed by atoms with van der Waals surface area (Å²) in [6, 6.07) is 6.04. The molecule has 17 heavy (non-hydrogen) atoms. The molecular formula is C13H15N3O. The highest BCUT2D eigenvalue weighted by Crippen LogP contribution is 2.25. The molecule has 4 nitrogen and oxygen atoms in total. The van der Waals surface area contributed by atoms with E-state index in [4.69, 9.17) is 0 Å². The normalized spacial score (nSPS) is 15.8. The van der Waals surface area contributed by atoms with Gasteiger partial charge in [-0.3, -0.25) is 4.79 Å². The minimum atomic E-state index is 0.103. The van der Waals surface area contributed by atoms with Gasteiger partial charge in [0.2, 0.25) is 0 Å². The lowest BCUT2D eigenvalue weighted by Gasteiger charge is -2.34. The molecule has 3 rings (SSSR count). The van der Waals surface area contributed by atoms with Gasteiger partial charge in [0.05, 0.1) is 17.4 Å². The highest BCUT2D eigenvalue weighted by molar-refractivity contribution is 5.97. The Hall–Kier alpha value is -1.84. The Morgan fingerprint density at radius 2 is 2.29 bits per heavy atom. The third-order valence-electron chi connectivity index (χ3n) is 3.61. The topological polar surface area (TPSA) is 49.0 Å². The van der Waals surface area contributed by atoms with Gasteiger partial charge in [-0.25, -0.2) is 4.98 Å². The van der Waals surface area contributed by atoms with Gasteiger partial charge in [0.25, 0.3) is 5.91 Å². The quantitative estimate of drug-likeness (QED) is 0.858. The zero-order chi connectivity index (χ0) is 11.8. The lowest BCUT2D eigenvalue weighted by molar-refractivity contribution is 0.0652. The van der Waals surface area contributed by atoms with Crippen molar-refractivity contribution in [1.29, 1.82) is 0 Å². The second-order valence-corrected chi connectivity index (χ2v) is 4.64. The molecule has 1 fully saturated rings. The van der Waals surface area contributed by atoms with Crippen LogP contribution in [0.3, 0.4) is 0 Å². The monoisotopic (exact) mass is 229 g/mol. The summed E-state index contributed by atoms with van der Waals surface area (Å²) in [5.74, 6) is 0.103. The number of nitrogens with one attached hydrogen (secondary N) is 1. The summed E-state index contributed by atoms with van der Waals surface area (Å²) in [6.07, 6.45) is 5.15. The van der Waals surface area contributed by atoms with Crippen molar-refractivity contribution in [3.8, 4) is 0 Å². The van der Waals surface area contributed by atoms with Crippen molar-refractivity contribution in [2.45, 2.75) is 25.3 Å². The molecule has 1 aromatic heterocycles. The first-order valence-corrected chi connectivity index (χ1v) is 5.96. The van der Waals surface area contributed by atoms with E-state index in [1.807, 2.05) is 30.1 Å². The van der Waals surface area contributed by atoms with Crippen molar-refractivity contribution < 1.29 is 4.79 Å². The number of fused-ring (bicyclic) bond motifs is 1. The van der Waals surface area contributed by atoms with Crippen LogP contribution >= 0.6 is 0 Å². The molecule has 4 heteroatoms. The van der Waals surface area contributed by atoms with Gasteiger partial charge in [0.15, 0.2) is 0 Å². The maximum atomic E-state index is 12.2. The van der Waals surface area contributed by atoms with Crippen molar-refractivity contribution in [1.82, 2.24) is 14.9 Å². The van der Waals surface area contributed by atoms with Crippen LogP contribution in [-0.4, -0.2) is 33.9 Å². The number of benzene rings is 1. The lowest BCUT2D eigenvalue weighted by Crippen LogP contribution is -2.41. The number of nitrogens with zero attached hydrogens (tertiary/aromatic N) is 2. The van der Waals surface area contributed by atoms with Crippen LogP contribution in [0.15, 0.2) is 24.5 Å². The van der Waals surface area contributed by atoms with E-state index in [0.29, 0.717) is 6.04 Å². The van der Waals surface area contributed by atoms with Crippen LogP contribution in [0.4, 0.5) is 0 Å². The Labute approximate surface area is 99.6 Å². The molecule has 1 heterocycles. The molecule has 2 aromatic rings. The second kappa shape index (κ2) is 3.87. The van der Waals surface area contributed by atoms with Crippen LogP contribution in [-0.2, 0) is 0 Å². The molecule has 0 unspecified atom stereocenters. The van der Waals surface area contributed by atoms with E-state index in [9.17, 15) is 4.79 Å². The minimum Gasteiger partial charge on any atom is -0.345 e. The molecule has 1 aromatic carbocycles. The number of rotatable bonds is 2. The Morgan fingerprint density at radius 1 is 1.47 bits per heavy atom. The number of aromatic nitrogens is 2. The molecule has 0 aliphatic heterocycles. The summed E-state index contributed by atoms with van der Waals surface area (Å²) in [7, 11) is 1.89. The third kappa shape index (κ3) is 1.69. The van der Waals surface area contributed by atoms with E-state index in [1.165, 1.54) is 6.42 Å². The van der Waals surface area contributed by atoms with Crippen LogP contribution in [0.5, 0.6) is 0 Å². The zero-order valence-electron chi connectivity index (χ0n) is 9.81. The van der Waals surface area contributed by atoms with Gasteiger partial charge in [0.1, 0.15) is 0 Å². The predicted molar refractivity (Wildman–Crippen MR) is 65.8 cm³/mol. The maximum Gasteiger partial charge on any atom is 0.253 e. The summed E-state index contributed by atoms with van der Waals surface area (Å²) >= 11 is 0. The first-order valence-electron chi connectivity index (χ1n) is 5.96. The Bertz CT molecular complexity index is 557. The van der Waals surface area contributed by atoms with E-state index < -0.39 is 0 Å². The van der Waals surface area contributed by atoms with Crippen molar-refractivity contribution in [3.63, 3.8) is 0 Å². The molecular weight excluding hydrogens is 214 g/mol. The molecule has 0 spiro atoms. The van der Waals surface area contributed by atoms with Gasteiger partial charge in [-0.15, -0.1) is 0 Å². The van der Waals surface area contributed by atoms with Crippen molar-refractivity contribution >= 4 is 16.9 Å². The largest absolute Gasteiger partial charge is 0.345 e. The van der Waals surface area contributed by atoms with Crippen LogP contribution < -0.4 is 0 Å². The molecule has 0 radical (unpaired) electrons. The van der Waals surface area contributed by atoms with E-state index in [2.05, 4.69) is 9.97 Å². The highest BCUT2D eigenvalue weighted by Gasteiger charge is 2.26. The zero-order valence-corrected chi connectivity index (χ0v) is 9.81. The Morgan fingerprint density at radius 3 is 3.00 bits per heavy atom. The number of imidazole rings is 1. The number of hydrogen-bond donors (Lipinski definition) is 1. The number of carbonyl (C=O) groups is 1. The van der Waals surface area contributed by atoms with Gasteiger partial charge in [-0.1, -0.05) is 0 Å². The molecule has 0 saturated heterocycles. The lowest BCUT2D eigenvalue weighted by atomic mass is 9.91. The molecule has 1 N–H and O–H groups in total. The van der Waals surface area contributed by atoms with Crippen LogP contribution in [0.25, 0.3) is 11.0 Å². The molecule has 1 aliphatic rings. The fraction of sp³-hybridized carbons (Fsp3) is 0.385. The fourth-order valence-electron chi connectivity index (χ4n) is 2.21. The van der Waals surface area contributed by atoms with Crippen LogP contribution in [0.2, 0.25) is 0 Å². The third-order valence-corrected chi connectivity index (χ3v) is 3.61. The number of H-pyrrole nitrogens is 1. The SMILES string of the molecule is CN(C(=O)c1ccc2nc[nH]c2c1)C1CCC1. The summed E-state index contributed by atoms with van der Waals surface area (Å²) in [6.45, 7) is 0. The molecule has 1 amide bonds. The number of hydrogen-bond acceptors (Lipinski definition) is 2. The van der Waals surface area contributed by atoms with Gasteiger partial charge < -0.3 is 9.88 Å². The molecule has 0 atom stereocenters. The van der Waals surface area contributed by atoms with Crippen molar-refractivity contribution in [3.05, 3.63) is 30.1 Å². The molecule has 88 valence electrons. The fourth-order valence-corrected chi connectivity index (χ4v) is 2.21. The summed E-state index contributed by atoms with van der Waals surface area (Å²) in [4.78, 5) is 21.3. The summed E-state index contributed by atoms with van der Waals surface area (Å²) < 4.78 is 0. The summed E-state index contributed by atoms with van der Waals surface area (Å²) in [5.41, 5.74) is 2.54. The van der Waals surface area contributed by atoms with Crippen molar-refractivity contribution in [2.75, 3.05) is 7.05 Å². The molecule has 1 saturated carbocycles. The highest BCUT2D eigenvalue weighted by atomic mass is 16.2. The average molecular weight is 229 g/mol. The second-order valence-electron chi connectivity index (χ2n) is 4.64.